The zero-order valence-electron chi connectivity index (χ0n) is 16.3. The highest BCUT2D eigenvalue weighted by molar-refractivity contribution is 5.92. The highest BCUT2D eigenvalue weighted by atomic mass is 16.2. The number of nitrogens with zero attached hydrogens (tertiary/aromatic N) is 3. The summed E-state index contributed by atoms with van der Waals surface area (Å²) in [6.45, 7) is 5.57. The first-order chi connectivity index (χ1) is 12.5. The second-order valence-corrected chi connectivity index (χ2v) is 7.14. The van der Waals surface area contributed by atoms with Crippen molar-refractivity contribution in [1.82, 2.24) is 10.2 Å². The molecule has 6 nitrogen and oxygen atoms in total. The summed E-state index contributed by atoms with van der Waals surface area (Å²) in [7, 11) is 3.94. The van der Waals surface area contributed by atoms with Gasteiger partial charge in [0.05, 0.1) is 0 Å². The van der Waals surface area contributed by atoms with Crippen molar-refractivity contribution in [2.75, 3.05) is 56.6 Å². The molecule has 2 rings (SSSR count). The van der Waals surface area contributed by atoms with Gasteiger partial charge in [0.25, 0.3) is 0 Å². The van der Waals surface area contributed by atoms with Gasteiger partial charge in [-0.05, 0) is 57.6 Å². The van der Waals surface area contributed by atoms with Crippen LogP contribution in [0.1, 0.15) is 32.6 Å². The molecule has 2 amide bonds. The topological polar surface area (TPSA) is 55.9 Å². The number of piperidine rings is 1. The normalized spacial score (nSPS) is 14.4. The molecule has 0 aliphatic carbocycles. The molecule has 1 aromatic rings. The Hall–Kier alpha value is -2.08. The number of rotatable bonds is 8. The van der Waals surface area contributed by atoms with Crippen LogP contribution in [-0.2, 0) is 9.59 Å². The van der Waals surface area contributed by atoms with Gasteiger partial charge in [-0.3, -0.25) is 9.59 Å². The van der Waals surface area contributed by atoms with Crippen LogP contribution in [0.25, 0.3) is 0 Å². The molecule has 1 aromatic carbocycles. The molecule has 1 aliphatic rings. The summed E-state index contributed by atoms with van der Waals surface area (Å²) in [6.07, 6.45) is 4.10. The Balaban J connectivity index is 1.90. The van der Waals surface area contributed by atoms with E-state index < -0.39 is 0 Å². The van der Waals surface area contributed by atoms with Crippen molar-refractivity contribution in [3.63, 3.8) is 0 Å². The highest BCUT2D eigenvalue weighted by Crippen LogP contribution is 2.24. The van der Waals surface area contributed by atoms with Crippen LogP contribution >= 0.6 is 0 Å². The second kappa shape index (κ2) is 10.2. The maximum Gasteiger partial charge on any atom is 0.223 e. The summed E-state index contributed by atoms with van der Waals surface area (Å²) in [5.41, 5.74) is 2.05. The van der Waals surface area contributed by atoms with Crippen LogP contribution in [0, 0.1) is 0 Å². The first-order valence-corrected chi connectivity index (χ1v) is 9.52. The summed E-state index contributed by atoms with van der Waals surface area (Å²) in [4.78, 5) is 30.1. The molecule has 6 heteroatoms. The third kappa shape index (κ3) is 6.33. The monoisotopic (exact) mass is 360 g/mol. The smallest absolute Gasteiger partial charge is 0.223 e. The lowest BCUT2D eigenvalue weighted by molar-refractivity contribution is -0.121. The summed E-state index contributed by atoms with van der Waals surface area (Å²) in [5.74, 6) is -0.0696. The number of hydrogen-bond donors (Lipinski definition) is 1. The first-order valence-electron chi connectivity index (χ1n) is 9.52. The van der Waals surface area contributed by atoms with Crippen molar-refractivity contribution in [3.8, 4) is 0 Å². The second-order valence-electron chi connectivity index (χ2n) is 7.14. The van der Waals surface area contributed by atoms with E-state index in [-0.39, 0.29) is 11.8 Å². The van der Waals surface area contributed by atoms with Crippen LogP contribution in [0.3, 0.4) is 0 Å². The van der Waals surface area contributed by atoms with Gasteiger partial charge in [0.1, 0.15) is 0 Å². The van der Waals surface area contributed by atoms with E-state index in [0.717, 1.165) is 25.3 Å². The molecule has 144 valence electrons. The van der Waals surface area contributed by atoms with Crippen LogP contribution in [-0.4, -0.2) is 63.5 Å². The number of carbonyl (C=O) groups is 2. The number of likely N-dealkylation sites (N-methyl/N-ethyl adjacent to an activating group) is 1. The lowest BCUT2D eigenvalue weighted by atomic mass is 10.1. The van der Waals surface area contributed by atoms with Gasteiger partial charge in [-0.25, -0.2) is 0 Å². The number of nitrogens with one attached hydrogen (secondary N) is 1. The maximum absolute atomic E-state index is 12.0. The number of hydrogen-bond acceptors (Lipinski definition) is 4. The van der Waals surface area contributed by atoms with Gasteiger partial charge < -0.3 is 20.0 Å². The molecule has 1 aliphatic heterocycles. The van der Waals surface area contributed by atoms with Crippen molar-refractivity contribution in [1.29, 1.82) is 0 Å². The van der Waals surface area contributed by atoms with Crippen molar-refractivity contribution in [2.24, 2.45) is 0 Å². The molecule has 1 N–H and O–H groups in total. The predicted octanol–water partition coefficient (Wildman–Crippen LogP) is 2.10. The van der Waals surface area contributed by atoms with E-state index in [4.69, 9.17) is 0 Å². The van der Waals surface area contributed by atoms with Crippen LogP contribution in [0.5, 0.6) is 0 Å². The Bertz CT molecular complexity index is 580. The van der Waals surface area contributed by atoms with Crippen molar-refractivity contribution in [2.45, 2.75) is 32.6 Å². The standard InChI is InChI=1S/C20H32N4O2/c1-17(25)24(15-11-20(26)21-12-16-22(2)3)19-9-7-18(8-10-19)23-13-5-4-6-14-23/h7-10H,4-6,11-16H2,1-3H3,(H,21,26). The molecule has 1 saturated heterocycles. The molecule has 0 saturated carbocycles. The van der Waals surface area contributed by atoms with E-state index in [1.165, 1.54) is 24.9 Å². The zero-order chi connectivity index (χ0) is 18.9. The predicted molar refractivity (Wildman–Crippen MR) is 107 cm³/mol. The van der Waals surface area contributed by atoms with Gasteiger partial charge in [-0.15, -0.1) is 0 Å². The lowest BCUT2D eigenvalue weighted by Gasteiger charge is -2.29. The van der Waals surface area contributed by atoms with Gasteiger partial charge in [0.15, 0.2) is 0 Å². The van der Waals surface area contributed by atoms with E-state index in [9.17, 15) is 9.59 Å². The molecule has 0 spiro atoms. The fourth-order valence-corrected chi connectivity index (χ4v) is 3.18. The van der Waals surface area contributed by atoms with Gasteiger partial charge in [-0.2, -0.15) is 0 Å². The largest absolute Gasteiger partial charge is 0.372 e. The minimum absolute atomic E-state index is 0.0250. The summed E-state index contributed by atoms with van der Waals surface area (Å²) in [6, 6.07) is 8.12. The molecular formula is C20H32N4O2. The maximum atomic E-state index is 12.0. The highest BCUT2D eigenvalue weighted by Gasteiger charge is 2.15. The van der Waals surface area contributed by atoms with Gasteiger partial charge in [-0.1, -0.05) is 0 Å². The molecule has 0 aromatic heterocycles. The Morgan fingerprint density at radius 1 is 1.04 bits per heavy atom. The lowest BCUT2D eigenvalue weighted by Crippen LogP contribution is -2.36. The molecule has 1 fully saturated rings. The molecule has 26 heavy (non-hydrogen) atoms. The van der Waals surface area contributed by atoms with Crippen LogP contribution in [0.15, 0.2) is 24.3 Å². The van der Waals surface area contributed by atoms with Crippen LogP contribution < -0.4 is 15.1 Å². The first kappa shape index (κ1) is 20.2. The average molecular weight is 361 g/mol. The third-order valence-electron chi connectivity index (χ3n) is 4.71. The number of benzene rings is 1. The van der Waals surface area contributed by atoms with E-state index >= 15 is 0 Å². The quantitative estimate of drug-likeness (QED) is 0.771. The number of carbonyl (C=O) groups excluding carboxylic acids is 2. The average Bonchev–Trinajstić information content (AvgIpc) is 2.62. The van der Waals surface area contributed by atoms with Crippen molar-refractivity contribution < 1.29 is 9.59 Å². The van der Waals surface area contributed by atoms with Crippen LogP contribution in [0.4, 0.5) is 11.4 Å². The SMILES string of the molecule is CC(=O)N(CCC(=O)NCCN(C)C)c1ccc(N2CCCCC2)cc1. The number of anilines is 2. The van der Waals surface area contributed by atoms with Gasteiger partial charge in [0.2, 0.25) is 11.8 Å². The molecule has 0 unspecified atom stereocenters. The minimum atomic E-state index is -0.0446. The van der Waals surface area contributed by atoms with Crippen molar-refractivity contribution >= 4 is 23.2 Å². The summed E-state index contributed by atoms with van der Waals surface area (Å²) < 4.78 is 0. The third-order valence-corrected chi connectivity index (χ3v) is 4.71. The Kier molecular flexibility index (Phi) is 7.91. The Morgan fingerprint density at radius 2 is 1.69 bits per heavy atom. The molecule has 0 atom stereocenters. The fraction of sp³-hybridized carbons (Fsp3) is 0.600. The zero-order valence-corrected chi connectivity index (χ0v) is 16.3. The van der Waals surface area contributed by atoms with Gasteiger partial charge in [0, 0.05) is 57.4 Å². The molecule has 1 heterocycles. The number of amides is 2. The van der Waals surface area contributed by atoms with E-state index in [1.807, 2.05) is 31.1 Å². The Labute approximate surface area is 157 Å². The minimum Gasteiger partial charge on any atom is -0.372 e. The summed E-state index contributed by atoms with van der Waals surface area (Å²) in [5, 5.41) is 2.89. The molecule has 0 bridgehead atoms. The van der Waals surface area contributed by atoms with Crippen LogP contribution in [0.2, 0.25) is 0 Å². The molecule has 0 radical (unpaired) electrons. The Morgan fingerprint density at radius 3 is 2.27 bits per heavy atom. The van der Waals surface area contributed by atoms with Gasteiger partial charge >= 0.3 is 0 Å². The molecular weight excluding hydrogens is 328 g/mol. The van der Waals surface area contributed by atoms with Crippen molar-refractivity contribution in [3.05, 3.63) is 24.3 Å². The van der Waals surface area contributed by atoms with E-state index in [0.29, 0.717) is 19.5 Å². The van der Waals surface area contributed by atoms with E-state index in [2.05, 4.69) is 22.3 Å². The van der Waals surface area contributed by atoms with E-state index in [1.54, 1.807) is 11.8 Å². The fourth-order valence-electron chi connectivity index (χ4n) is 3.18. The summed E-state index contributed by atoms with van der Waals surface area (Å²) >= 11 is 0.